The molecule has 3 aliphatic carbocycles. The highest BCUT2D eigenvalue weighted by Crippen LogP contribution is 2.45. The van der Waals surface area contributed by atoms with E-state index in [1.165, 1.54) is 51.4 Å². The normalized spacial score (nSPS) is 28.6. The summed E-state index contributed by atoms with van der Waals surface area (Å²) < 4.78 is 0. The third kappa shape index (κ3) is 4.84. The van der Waals surface area contributed by atoms with Crippen molar-refractivity contribution in [2.45, 2.75) is 57.4 Å². The van der Waals surface area contributed by atoms with Gasteiger partial charge in [0.05, 0.1) is 0 Å². The van der Waals surface area contributed by atoms with Crippen LogP contribution in [0.2, 0.25) is 0 Å². The predicted octanol–water partition coefficient (Wildman–Crippen LogP) is 2.95. The molecule has 3 saturated carbocycles. The highest BCUT2D eigenvalue weighted by Gasteiger charge is 2.43. The number of nitrogens with one attached hydrogen (secondary N) is 1. The first-order valence-corrected chi connectivity index (χ1v) is 10.4. The molecule has 4 fully saturated rings. The molecule has 4 rings (SSSR count). The van der Waals surface area contributed by atoms with Crippen molar-refractivity contribution >= 4 is 35.8 Å². The first-order valence-electron chi connectivity index (χ1n) is 10.4. The highest BCUT2D eigenvalue weighted by atomic mass is 127. The van der Waals surface area contributed by atoms with Crippen molar-refractivity contribution in [1.82, 2.24) is 15.1 Å². The fraction of sp³-hybridized carbons (Fsp3) is 0.900. The quantitative estimate of drug-likeness (QED) is 0.379. The second kappa shape index (κ2) is 8.65. The van der Waals surface area contributed by atoms with Gasteiger partial charge in [0.2, 0.25) is 5.91 Å². The van der Waals surface area contributed by atoms with Gasteiger partial charge >= 0.3 is 0 Å². The lowest BCUT2D eigenvalue weighted by atomic mass is 9.82. The van der Waals surface area contributed by atoms with Crippen molar-refractivity contribution in [3.05, 3.63) is 0 Å². The molecule has 0 aromatic carbocycles. The summed E-state index contributed by atoms with van der Waals surface area (Å²) in [5.74, 6) is 4.47. The van der Waals surface area contributed by atoms with Crippen LogP contribution in [0.5, 0.6) is 0 Å². The Kier molecular flexibility index (Phi) is 6.73. The molecule has 2 unspecified atom stereocenters. The molecule has 0 aromatic rings. The van der Waals surface area contributed by atoms with E-state index < -0.39 is 0 Å². The molecule has 1 saturated heterocycles. The maximum absolute atomic E-state index is 12.1. The minimum absolute atomic E-state index is 0. The largest absolute Gasteiger partial charge is 0.353 e. The number of amides is 1. The van der Waals surface area contributed by atoms with Crippen LogP contribution in [0, 0.1) is 23.7 Å². The smallest absolute Gasteiger partial charge is 0.243 e. The minimum atomic E-state index is 0. The van der Waals surface area contributed by atoms with E-state index in [4.69, 9.17) is 4.99 Å². The Labute approximate surface area is 175 Å². The maximum atomic E-state index is 12.1. The van der Waals surface area contributed by atoms with E-state index in [-0.39, 0.29) is 36.4 Å². The van der Waals surface area contributed by atoms with E-state index >= 15 is 0 Å². The van der Waals surface area contributed by atoms with E-state index in [1.807, 2.05) is 14.1 Å². The van der Waals surface area contributed by atoms with Crippen LogP contribution in [0.4, 0.5) is 0 Å². The first-order chi connectivity index (χ1) is 12.1. The van der Waals surface area contributed by atoms with Crippen LogP contribution in [0.25, 0.3) is 0 Å². The van der Waals surface area contributed by atoms with Gasteiger partial charge in [0.25, 0.3) is 0 Å². The van der Waals surface area contributed by atoms with E-state index in [0.29, 0.717) is 6.04 Å². The van der Waals surface area contributed by atoms with E-state index in [0.717, 1.165) is 42.7 Å². The molecule has 0 spiro atoms. The van der Waals surface area contributed by atoms with Crippen LogP contribution < -0.4 is 5.32 Å². The van der Waals surface area contributed by atoms with Gasteiger partial charge in [0.1, 0.15) is 6.54 Å². The molecule has 1 aliphatic heterocycles. The lowest BCUT2D eigenvalue weighted by Crippen LogP contribution is -2.47. The van der Waals surface area contributed by atoms with Gasteiger partial charge in [-0.1, -0.05) is 12.8 Å². The number of likely N-dealkylation sites (tertiary alicyclic amines) is 1. The predicted molar refractivity (Wildman–Crippen MR) is 116 cm³/mol. The lowest BCUT2D eigenvalue weighted by molar-refractivity contribution is -0.127. The number of hydrogen-bond acceptors (Lipinski definition) is 2. The zero-order chi connectivity index (χ0) is 17.4. The van der Waals surface area contributed by atoms with Gasteiger partial charge in [-0.05, 0) is 62.2 Å². The Hall–Kier alpha value is -0.530. The number of guanidine groups is 1. The summed E-state index contributed by atoms with van der Waals surface area (Å²) in [6, 6.07) is 0.593. The Bertz CT molecular complexity index is 504. The lowest BCUT2D eigenvalue weighted by Gasteiger charge is -2.27. The molecule has 2 atom stereocenters. The first kappa shape index (κ1) is 20.2. The van der Waals surface area contributed by atoms with Crippen LogP contribution in [-0.2, 0) is 4.79 Å². The summed E-state index contributed by atoms with van der Waals surface area (Å²) in [4.78, 5) is 21.0. The maximum Gasteiger partial charge on any atom is 0.243 e. The number of fused-ring (bicyclic) bond motifs is 1. The number of nitrogens with zero attached hydrogens (tertiary/aromatic N) is 3. The van der Waals surface area contributed by atoms with Gasteiger partial charge in [-0.15, -0.1) is 24.0 Å². The fourth-order valence-corrected chi connectivity index (χ4v) is 4.78. The van der Waals surface area contributed by atoms with Gasteiger partial charge in [0, 0.05) is 33.2 Å². The standard InChI is InChI=1S/C20H34N4O.HI/c1-23(2)18(25)11-21-20(22-19(14-7-8-14)15-9-10-15)24-12-16-5-3-4-6-17(16)13-24;/h14-17,19H,3-13H2,1-2H3,(H,21,22);1H. The monoisotopic (exact) mass is 474 g/mol. The molecule has 0 bridgehead atoms. The van der Waals surface area contributed by atoms with Crippen molar-refractivity contribution in [3.63, 3.8) is 0 Å². The SMILES string of the molecule is CN(C)C(=O)CN=C(NC(C1CC1)C1CC1)N1CC2CCCCC2C1.I. The van der Waals surface area contributed by atoms with Crippen molar-refractivity contribution < 1.29 is 4.79 Å². The van der Waals surface area contributed by atoms with E-state index in [2.05, 4.69) is 10.2 Å². The second-order valence-electron chi connectivity index (χ2n) is 8.98. The van der Waals surface area contributed by atoms with Crippen LogP contribution in [-0.4, -0.2) is 61.4 Å². The topological polar surface area (TPSA) is 47.9 Å². The number of hydrogen-bond donors (Lipinski definition) is 1. The summed E-state index contributed by atoms with van der Waals surface area (Å²) >= 11 is 0. The average Bonchev–Trinajstić information content (AvgIpc) is 3.52. The molecule has 26 heavy (non-hydrogen) atoms. The molecular formula is C20H35IN4O. The van der Waals surface area contributed by atoms with Gasteiger partial charge in [0.15, 0.2) is 5.96 Å². The van der Waals surface area contributed by atoms with Crippen LogP contribution in [0.3, 0.4) is 0 Å². The second-order valence-corrected chi connectivity index (χ2v) is 8.98. The number of aliphatic imine (C=N–C) groups is 1. The van der Waals surface area contributed by atoms with E-state index in [1.54, 1.807) is 4.90 Å². The molecule has 0 aromatic heterocycles. The summed E-state index contributed by atoms with van der Waals surface area (Å²) in [5, 5.41) is 3.83. The van der Waals surface area contributed by atoms with E-state index in [9.17, 15) is 4.79 Å². The third-order valence-corrected chi connectivity index (χ3v) is 6.69. The molecule has 5 nitrogen and oxygen atoms in total. The molecule has 4 aliphatic rings. The zero-order valence-corrected chi connectivity index (χ0v) is 18.7. The molecule has 1 heterocycles. The molecule has 148 valence electrons. The Balaban J connectivity index is 0.00000196. The number of halogens is 1. The summed E-state index contributed by atoms with van der Waals surface area (Å²) in [5.41, 5.74) is 0. The number of carbonyl (C=O) groups is 1. The summed E-state index contributed by atoms with van der Waals surface area (Å²) in [7, 11) is 3.62. The van der Waals surface area contributed by atoms with Crippen molar-refractivity contribution in [3.8, 4) is 0 Å². The Morgan fingerprint density at radius 2 is 1.58 bits per heavy atom. The van der Waals surface area contributed by atoms with Gasteiger partial charge < -0.3 is 15.1 Å². The number of rotatable bonds is 5. The van der Waals surface area contributed by atoms with Crippen molar-refractivity contribution in [1.29, 1.82) is 0 Å². The van der Waals surface area contributed by atoms with Crippen LogP contribution >= 0.6 is 24.0 Å². The number of likely N-dealkylation sites (N-methyl/N-ethyl adjacent to an activating group) is 1. The van der Waals surface area contributed by atoms with Crippen LogP contribution in [0.15, 0.2) is 4.99 Å². The molecule has 0 radical (unpaired) electrons. The van der Waals surface area contributed by atoms with Crippen molar-refractivity contribution in [2.75, 3.05) is 33.7 Å². The van der Waals surface area contributed by atoms with Gasteiger partial charge in [-0.2, -0.15) is 0 Å². The van der Waals surface area contributed by atoms with Crippen LogP contribution in [0.1, 0.15) is 51.4 Å². The molecule has 6 heteroatoms. The molecule has 1 amide bonds. The number of carbonyl (C=O) groups excluding carboxylic acids is 1. The van der Waals surface area contributed by atoms with Crippen molar-refractivity contribution in [2.24, 2.45) is 28.7 Å². The van der Waals surface area contributed by atoms with Gasteiger partial charge in [-0.3, -0.25) is 4.79 Å². The minimum Gasteiger partial charge on any atom is -0.353 e. The third-order valence-electron chi connectivity index (χ3n) is 6.69. The Morgan fingerprint density at radius 1 is 1.04 bits per heavy atom. The molecule has 1 N–H and O–H groups in total. The summed E-state index contributed by atoms with van der Waals surface area (Å²) in [6.07, 6.45) is 11.0. The Morgan fingerprint density at radius 3 is 2.04 bits per heavy atom. The summed E-state index contributed by atoms with van der Waals surface area (Å²) in [6.45, 7) is 2.53. The highest BCUT2D eigenvalue weighted by molar-refractivity contribution is 14.0. The fourth-order valence-electron chi connectivity index (χ4n) is 4.78. The average molecular weight is 474 g/mol. The zero-order valence-electron chi connectivity index (χ0n) is 16.3. The van der Waals surface area contributed by atoms with Gasteiger partial charge in [-0.25, -0.2) is 4.99 Å². The molecular weight excluding hydrogens is 439 g/mol.